The van der Waals surface area contributed by atoms with Gasteiger partial charge in [0.2, 0.25) is 5.91 Å². The molecule has 3 aromatic rings. The summed E-state index contributed by atoms with van der Waals surface area (Å²) in [5, 5.41) is 3.11. The third kappa shape index (κ3) is 4.44. The first-order valence-corrected chi connectivity index (χ1v) is 10.6. The van der Waals surface area contributed by atoms with Crippen LogP contribution in [-0.4, -0.2) is 46.1 Å². The molecule has 1 aromatic heterocycles. The molecule has 1 N–H and O–H groups in total. The summed E-state index contributed by atoms with van der Waals surface area (Å²) < 4.78 is 29.4. The average Bonchev–Trinajstić information content (AvgIpc) is 3.26. The fourth-order valence-corrected chi connectivity index (χ4v) is 4.09. The molecule has 2 aromatic carbocycles. The van der Waals surface area contributed by atoms with E-state index in [-0.39, 0.29) is 15.9 Å². The number of aromatic nitrogens is 2. The normalized spacial score (nSPS) is 14.2. The molecule has 32 heavy (non-hydrogen) atoms. The topological polar surface area (TPSA) is 76.3 Å². The summed E-state index contributed by atoms with van der Waals surface area (Å²) in [5.74, 6) is -2.35. The summed E-state index contributed by atoms with van der Waals surface area (Å²) >= 11 is 6.06. The summed E-state index contributed by atoms with van der Waals surface area (Å²) in [6, 6.07) is 6.81. The molecule has 1 aliphatic rings. The Hall–Kier alpha value is -3.04. The van der Waals surface area contributed by atoms with Crippen LogP contribution in [0.1, 0.15) is 12.8 Å². The summed E-state index contributed by atoms with van der Waals surface area (Å²) in [6.45, 7) is 2.71. The van der Waals surface area contributed by atoms with Gasteiger partial charge >= 0.3 is 5.69 Å². The molecule has 0 aliphatic carbocycles. The van der Waals surface area contributed by atoms with Crippen molar-refractivity contribution in [1.29, 1.82) is 0 Å². The number of nitrogens with one attached hydrogen (secondary N) is 1. The number of carbonyl (C=O) groups is 1. The summed E-state index contributed by atoms with van der Waals surface area (Å²) in [4.78, 5) is 41.0. The van der Waals surface area contributed by atoms with Crippen molar-refractivity contribution in [2.75, 3.05) is 26.2 Å². The van der Waals surface area contributed by atoms with Crippen molar-refractivity contribution in [3.63, 3.8) is 0 Å². The molecule has 2 heterocycles. The van der Waals surface area contributed by atoms with Gasteiger partial charge in [0.25, 0.3) is 5.56 Å². The van der Waals surface area contributed by atoms with E-state index in [4.69, 9.17) is 11.6 Å². The van der Waals surface area contributed by atoms with E-state index in [9.17, 15) is 23.2 Å². The van der Waals surface area contributed by atoms with Crippen LogP contribution in [-0.2, 0) is 11.3 Å². The Balaban J connectivity index is 1.73. The number of benzene rings is 2. The molecule has 0 unspecified atom stereocenters. The molecular formula is C22H21ClF2N4O3. The summed E-state index contributed by atoms with van der Waals surface area (Å²) in [5.41, 5.74) is -1.97. The number of likely N-dealkylation sites (tertiary alicyclic amines) is 1. The number of hydrogen-bond donors (Lipinski definition) is 1. The molecule has 7 nitrogen and oxygen atoms in total. The molecule has 0 bridgehead atoms. The highest BCUT2D eigenvalue weighted by atomic mass is 35.5. The third-order valence-electron chi connectivity index (χ3n) is 5.51. The Kier molecular flexibility index (Phi) is 6.38. The lowest BCUT2D eigenvalue weighted by Crippen LogP contribution is -2.43. The molecule has 4 rings (SSSR count). The number of rotatable bonds is 6. The Bertz CT molecular complexity index is 1300. The molecule has 0 radical (unpaired) electrons. The molecular weight excluding hydrogens is 442 g/mol. The Morgan fingerprint density at radius 2 is 1.81 bits per heavy atom. The predicted octanol–water partition coefficient (Wildman–Crippen LogP) is 2.30. The third-order valence-corrected chi connectivity index (χ3v) is 5.74. The Morgan fingerprint density at radius 1 is 1.06 bits per heavy atom. The number of fused-ring (bicyclic) bond motifs is 1. The second kappa shape index (κ2) is 9.22. The van der Waals surface area contributed by atoms with E-state index in [0.29, 0.717) is 23.7 Å². The molecule has 0 atom stereocenters. The average molecular weight is 463 g/mol. The standard InChI is InChI=1S/C22H21ClF2N4O3/c23-14-3-5-16-19(11-14)28(13-20(30)26-7-10-27-8-1-2-9-27)22(32)29(21(16)31)18-6-4-15(24)12-17(18)25/h3-6,11-12H,1-2,7-10,13H2,(H,26,30). The Morgan fingerprint density at radius 3 is 2.53 bits per heavy atom. The van der Waals surface area contributed by atoms with E-state index in [0.717, 1.165) is 42.6 Å². The first kappa shape index (κ1) is 22.2. The maximum absolute atomic E-state index is 14.4. The van der Waals surface area contributed by atoms with Crippen LogP contribution < -0.4 is 16.6 Å². The van der Waals surface area contributed by atoms with E-state index in [2.05, 4.69) is 10.2 Å². The van der Waals surface area contributed by atoms with Gasteiger partial charge in [-0.25, -0.2) is 18.1 Å². The zero-order valence-electron chi connectivity index (χ0n) is 17.1. The van der Waals surface area contributed by atoms with Crippen LogP contribution in [0.15, 0.2) is 46.0 Å². The molecule has 10 heteroatoms. The van der Waals surface area contributed by atoms with Crippen molar-refractivity contribution >= 4 is 28.4 Å². The van der Waals surface area contributed by atoms with Gasteiger partial charge in [-0.2, -0.15) is 0 Å². The van der Waals surface area contributed by atoms with Gasteiger partial charge in [0.1, 0.15) is 18.2 Å². The molecule has 0 spiro atoms. The van der Waals surface area contributed by atoms with Crippen molar-refractivity contribution in [3.8, 4) is 5.69 Å². The van der Waals surface area contributed by atoms with E-state index in [1.165, 1.54) is 18.2 Å². The lowest BCUT2D eigenvalue weighted by atomic mass is 10.2. The summed E-state index contributed by atoms with van der Waals surface area (Å²) in [7, 11) is 0. The van der Waals surface area contributed by atoms with Gasteiger partial charge in [0, 0.05) is 24.2 Å². The quantitative estimate of drug-likeness (QED) is 0.610. The highest BCUT2D eigenvalue weighted by Crippen LogP contribution is 2.18. The van der Waals surface area contributed by atoms with Crippen LogP contribution in [0.25, 0.3) is 16.6 Å². The van der Waals surface area contributed by atoms with Crippen LogP contribution >= 0.6 is 11.6 Å². The highest BCUT2D eigenvalue weighted by molar-refractivity contribution is 6.31. The van der Waals surface area contributed by atoms with Crippen molar-refractivity contribution in [1.82, 2.24) is 19.4 Å². The monoisotopic (exact) mass is 462 g/mol. The number of hydrogen-bond acceptors (Lipinski definition) is 4. The van der Waals surface area contributed by atoms with Crippen LogP contribution in [0.2, 0.25) is 5.02 Å². The number of carbonyl (C=O) groups excluding carboxylic acids is 1. The zero-order valence-corrected chi connectivity index (χ0v) is 17.9. The maximum atomic E-state index is 14.4. The minimum atomic E-state index is -1.07. The van der Waals surface area contributed by atoms with Gasteiger partial charge in [-0.15, -0.1) is 0 Å². The second-order valence-corrected chi connectivity index (χ2v) is 8.10. The zero-order chi connectivity index (χ0) is 22.8. The van der Waals surface area contributed by atoms with Gasteiger partial charge in [-0.1, -0.05) is 11.6 Å². The van der Waals surface area contributed by atoms with Crippen LogP contribution in [0.3, 0.4) is 0 Å². The molecule has 1 fully saturated rings. The van der Waals surface area contributed by atoms with E-state index in [1.807, 2.05) is 0 Å². The van der Waals surface area contributed by atoms with E-state index >= 15 is 0 Å². The highest BCUT2D eigenvalue weighted by Gasteiger charge is 2.19. The van der Waals surface area contributed by atoms with Crippen molar-refractivity contribution in [2.45, 2.75) is 19.4 Å². The number of amides is 1. The van der Waals surface area contributed by atoms with E-state index in [1.54, 1.807) is 0 Å². The lowest BCUT2D eigenvalue weighted by molar-refractivity contribution is -0.121. The minimum Gasteiger partial charge on any atom is -0.353 e. The fourth-order valence-electron chi connectivity index (χ4n) is 3.93. The molecule has 168 valence electrons. The minimum absolute atomic E-state index is 0.0718. The summed E-state index contributed by atoms with van der Waals surface area (Å²) in [6.07, 6.45) is 2.27. The van der Waals surface area contributed by atoms with Gasteiger partial charge in [0.15, 0.2) is 0 Å². The van der Waals surface area contributed by atoms with Gasteiger partial charge in [-0.3, -0.25) is 14.2 Å². The lowest BCUT2D eigenvalue weighted by Gasteiger charge is -2.16. The van der Waals surface area contributed by atoms with Crippen LogP contribution in [0.4, 0.5) is 8.78 Å². The molecule has 1 aliphatic heterocycles. The molecule has 1 amide bonds. The molecule has 0 saturated carbocycles. The second-order valence-electron chi connectivity index (χ2n) is 7.67. The smallest absolute Gasteiger partial charge is 0.336 e. The van der Waals surface area contributed by atoms with Gasteiger partial charge in [-0.05, 0) is 56.3 Å². The molecule has 1 saturated heterocycles. The number of halogens is 3. The van der Waals surface area contributed by atoms with Gasteiger partial charge in [0.05, 0.1) is 16.6 Å². The Labute approximate surface area is 186 Å². The van der Waals surface area contributed by atoms with Crippen molar-refractivity contribution < 1.29 is 13.6 Å². The number of nitrogens with zero attached hydrogens (tertiary/aromatic N) is 3. The first-order chi connectivity index (χ1) is 15.3. The van der Waals surface area contributed by atoms with Crippen LogP contribution in [0, 0.1) is 11.6 Å². The fraction of sp³-hybridized carbons (Fsp3) is 0.318. The van der Waals surface area contributed by atoms with E-state index < -0.39 is 41.0 Å². The predicted molar refractivity (Wildman–Crippen MR) is 117 cm³/mol. The SMILES string of the molecule is O=C(Cn1c(=O)n(-c2ccc(F)cc2F)c(=O)c2ccc(Cl)cc21)NCCN1CCCC1. The van der Waals surface area contributed by atoms with Crippen LogP contribution in [0.5, 0.6) is 0 Å². The largest absolute Gasteiger partial charge is 0.353 e. The first-order valence-electron chi connectivity index (χ1n) is 10.2. The van der Waals surface area contributed by atoms with Gasteiger partial charge < -0.3 is 10.2 Å². The van der Waals surface area contributed by atoms with Crippen molar-refractivity contribution in [2.24, 2.45) is 0 Å². The maximum Gasteiger partial charge on any atom is 0.336 e. The van der Waals surface area contributed by atoms with Crippen molar-refractivity contribution in [3.05, 3.63) is 73.9 Å².